The molecule has 11 heteroatoms. The molecule has 0 unspecified atom stereocenters. The van der Waals surface area contributed by atoms with Gasteiger partial charge in [0.1, 0.15) is 0 Å². The summed E-state index contributed by atoms with van der Waals surface area (Å²) in [7, 11) is -8.71. The molecule has 0 aliphatic heterocycles. The van der Waals surface area contributed by atoms with E-state index in [1.165, 1.54) is 30.3 Å². The van der Waals surface area contributed by atoms with Gasteiger partial charge in [-0.2, -0.15) is 0 Å². The molecule has 7 nitrogen and oxygen atoms in total. The van der Waals surface area contributed by atoms with Crippen molar-refractivity contribution in [3.8, 4) is 0 Å². The molecule has 0 fully saturated rings. The minimum atomic E-state index is -4.36. The third-order valence-electron chi connectivity index (χ3n) is 2.70. The average Bonchev–Trinajstić information content (AvgIpc) is 2.36. The van der Waals surface area contributed by atoms with E-state index < -0.39 is 20.2 Å². The topological polar surface area (TPSA) is 133 Å². The first kappa shape index (κ1) is 19.4. The van der Waals surface area contributed by atoms with Crippen molar-refractivity contribution in [3.05, 3.63) is 30.3 Å². The SMILES string of the molecule is N=C=S.O=S(=O)(O)c1ccc2[c]([Na])cc(S(=O)(=O)O)cc2c1. The Morgan fingerprint density at radius 3 is 1.91 bits per heavy atom. The molecule has 2 aromatic rings. The van der Waals surface area contributed by atoms with Crippen LogP contribution in [0, 0.1) is 5.41 Å². The van der Waals surface area contributed by atoms with Gasteiger partial charge in [0, 0.05) is 0 Å². The van der Waals surface area contributed by atoms with Crippen molar-refractivity contribution in [2.75, 3.05) is 0 Å². The Morgan fingerprint density at radius 1 is 1.00 bits per heavy atom. The van der Waals surface area contributed by atoms with Crippen LogP contribution < -0.4 is 2.81 Å². The summed E-state index contributed by atoms with van der Waals surface area (Å²) in [6.45, 7) is 0. The molecule has 0 saturated carbocycles. The van der Waals surface area contributed by atoms with Gasteiger partial charge in [0.15, 0.2) is 0 Å². The molecule has 0 aromatic heterocycles. The Kier molecular flexibility index (Phi) is 6.39. The first-order chi connectivity index (χ1) is 10.0. The van der Waals surface area contributed by atoms with Gasteiger partial charge in [0.2, 0.25) is 0 Å². The summed E-state index contributed by atoms with van der Waals surface area (Å²) < 4.78 is 63.0. The van der Waals surface area contributed by atoms with Gasteiger partial charge >= 0.3 is 128 Å². The molecule has 22 heavy (non-hydrogen) atoms. The Bertz CT molecular complexity index is 957. The summed E-state index contributed by atoms with van der Waals surface area (Å²) >= 11 is 4.33. The minimum absolute atomic E-state index is 0.294. The molecule has 0 aliphatic carbocycles. The molecule has 0 atom stereocenters. The maximum atomic E-state index is 11.1. The van der Waals surface area contributed by atoms with Gasteiger partial charge in [0.25, 0.3) is 0 Å². The number of hydrogen-bond acceptors (Lipinski definition) is 6. The second-order valence-electron chi connectivity index (χ2n) is 4.18. The summed E-state index contributed by atoms with van der Waals surface area (Å²) in [5.74, 6) is 0. The van der Waals surface area contributed by atoms with E-state index in [-0.39, 0.29) is 9.79 Å². The number of isothiocyanates is 1. The second kappa shape index (κ2) is 7.26. The van der Waals surface area contributed by atoms with Crippen molar-refractivity contribution in [1.82, 2.24) is 0 Å². The van der Waals surface area contributed by atoms with Crippen molar-refractivity contribution in [2.24, 2.45) is 0 Å². The second-order valence-corrected chi connectivity index (χ2v) is 8.30. The van der Waals surface area contributed by atoms with E-state index in [9.17, 15) is 16.8 Å². The van der Waals surface area contributed by atoms with Crippen LogP contribution in [0.25, 0.3) is 10.8 Å². The summed E-state index contributed by atoms with van der Waals surface area (Å²) in [6, 6.07) is 6.42. The number of thiocarbonyl (C=S) groups is 1. The molecular weight excluding hydrogens is 361 g/mol. The van der Waals surface area contributed by atoms with Gasteiger partial charge in [-0.05, 0) is 12.2 Å². The van der Waals surface area contributed by atoms with Crippen LogP contribution in [0.3, 0.4) is 0 Å². The molecule has 2 aromatic carbocycles. The quantitative estimate of drug-likeness (QED) is 0.308. The van der Waals surface area contributed by atoms with E-state index in [2.05, 4.69) is 12.2 Å². The van der Waals surface area contributed by atoms with Crippen LogP contribution in [-0.2, 0) is 20.2 Å². The van der Waals surface area contributed by atoms with Crippen LogP contribution in [0.1, 0.15) is 0 Å². The number of nitrogens with one attached hydrogen (secondary N) is 1. The molecule has 0 heterocycles. The van der Waals surface area contributed by atoms with Crippen molar-refractivity contribution >= 4 is 79.1 Å². The first-order valence-electron chi connectivity index (χ1n) is 5.54. The van der Waals surface area contributed by atoms with Gasteiger partial charge in [-0.25, -0.2) is 5.41 Å². The van der Waals surface area contributed by atoms with Gasteiger partial charge in [-0.3, -0.25) is 0 Å². The average molecular weight is 369 g/mol. The zero-order chi connectivity index (χ0) is 17.1. The third-order valence-corrected chi connectivity index (χ3v) is 5.21. The van der Waals surface area contributed by atoms with Crippen LogP contribution in [-0.4, -0.2) is 59.0 Å². The maximum absolute atomic E-state index is 11.1. The Hall–Kier alpha value is -0.680. The van der Waals surface area contributed by atoms with Gasteiger partial charge in [-0.1, -0.05) is 0 Å². The summed E-state index contributed by atoms with van der Waals surface area (Å²) in [6.07, 6.45) is 0. The molecule has 112 valence electrons. The molecule has 3 N–H and O–H groups in total. The monoisotopic (exact) mass is 369 g/mol. The van der Waals surface area contributed by atoms with Crippen LogP contribution >= 0.6 is 12.2 Å². The third kappa shape index (κ3) is 4.92. The van der Waals surface area contributed by atoms with E-state index in [1.54, 1.807) is 5.16 Å². The zero-order valence-electron chi connectivity index (χ0n) is 11.1. The van der Waals surface area contributed by atoms with E-state index in [1.807, 2.05) is 0 Å². The molecule has 0 amide bonds. The summed E-state index contributed by atoms with van der Waals surface area (Å²) in [5.41, 5.74) is 0. The van der Waals surface area contributed by atoms with Crippen molar-refractivity contribution in [2.45, 2.75) is 9.79 Å². The molecule has 0 spiro atoms. The van der Waals surface area contributed by atoms with Crippen molar-refractivity contribution in [3.63, 3.8) is 0 Å². The normalized spacial score (nSPS) is 11.5. The Labute approximate surface area is 149 Å². The number of benzene rings is 2. The molecule has 0 bridgehead atoms. The van der Waals surface area contributed by atoms with E-state index >= 15 is 0 Å². The van der Waals surface area contributed by atoms with E-state index in [4.69, 9.17) is 14.5 Å². The molecule has 0 aliphatic rings. The van der Waals surface area contributed by atoms with Crippen molar-refractivity contribution < 1.29 is 25.9 Å². The van der Waals surface area contributed by atoms with E-state index in [0.29, 0.717) is 41.5 Å². The molecule has 2 rings (SSSR count). The predicted octanol–water partition coefficient (Wildman–Crippen LogP) is 0.795. The zero-order valence-corrected chi connectivity index (χ0v) is 15.6. The summed E-state index contributed by atoms with van der Waals surface area (Å²) in [4.78, 5) is -0.619. The Morgan fingerprint density at radius 2 is 1.45 bits per heavy atom. The standard InChI is InChI=1S/C10H7O6S2.CHNS.Na/c11-17(12,13)9-3-1-7-2-4-10(18(14,15)16)6-8(7)5-9;2-1-3;/h1,3-6H,(H,11,12,13)(H,14,15,16);2H;. The van der Waals surface area contributed by atoms with Gasteiger partial charge in [0.05, 0.1) is 5.16 Å². The molecule has 0 radical (unpaired) electrons. The molecule has 0 saturated heterocycles. The van der Waals surface area contributed by atoms with Crippen LogP contribution in [0.5, 0.6) is 0 Å². The fraction of sp³-hybridized carbons (Fsp3) is 0. The predicted molar refractivity (Wildman–Crippen MR) is 84.3 cm³/mol. The van der Waals surface area contributed by atoms with E-state index in [0.717, 1.165) is 0 Å². The van der Waals surface area contributed by atoms with Crippen LogP contribution in [0.4, 0.5) is 0 Å². The number of rotatable bonds is 2. The summed E-state index contributed by atoms with van der Waals surface area (Å²) in [5, 5.41) is 8.37. The van der Waals surface area contributed by atoms with Crippen LogP contribution in [0.15, 0.2) is 40.1 Å². The fourth-order valence-electron chi connectivity index (χ4n) is 1.81. The van der Waals surface area contributed by atoms with Gasteiger partial charge < -0.3 is 0 Å². The first-order valence-corrected chi connectivity index (χ1v) is 9.83. The van der Waals surface area contributed by atoms with Crippen molar-refractivity contribution in [1.29, 1.82) is 5.41 Å². The fourth-order valence-corrected chi connectivity index (χ4v) is 3.91. The number of fused-ring (bicyclic) bond motifs is 1. The Balaban J connectivity index is 0.000000745. The van der Waals surface area contributed by atoms with Crippen LogP contribution in [0.2, 0.25) is 0 Å². The van der Waals surface area contributed by atoms with Gasteiger partial charge in [-0.15, -0.1) is 0 Å². The molecular formula is C11H8NNaO6S3. The number of hydrogen-bond donors (Lipinski definition) is 3.